The molecule has 0 aliphatic heterocycles. The number of amidine groups is 1. The third kappa shape index (κ3) is 3.35. The molecule has 0 fully saturated rings. The van der Waals surface area contributed by atoms with Gasteiger partial charge in [-0.3, -0.25) is 5.84 Å². The molecule has 5 nitrogen and oxygen atoms in total. The Bertz CT molecular complexity index is 956. The maximum Gasteiger partial charge on any atom is 0.324 e. The van der Waals surface area contributed by atoms with Crippen LogP contribution in [0.25, 0.3) is 11.1 Å². The van der Waals surface area contributed by atoms with E-state index in [4.69, 9.17) is 28.0 Å². The zero-order valence-corrected chi connectivity index (χ0v) is 15.1. The van der Waals surface area contributed by atoms with Crippen LogP contribution in [0, 0.1) is 0 Å². The molecule has 0 saturated heterocycles. The van der Waals surface area contributed by atoms with Gasteiger partial charge in [0.1, 0.15) is 5.75 Å². The molecule has 0 amide bonds. The predicted octanol–water partition coefficient (Wildman–Crippen LogP) is 3.44. The summed E-state index contributed by atoms with van der Waals surface area (Å²) in [4.78, 5) is 0. The minimum atomic E-state index is 0.514. The number of nitrogens with one attached hydrogen (secondary N) is 1. The summed E-state index contributed by atoms with van der Waals surface area (Å²) in [5.74, 6) is 13.4. The highest BCUT2D eigenvalue weighted by Gasteiger charge is 2.22. The summed E-state index contributed by atoms with van der Waals surface area (Å²) in [6, 6.07) is 22.9. The number of nitrogens with two attached hydrogens (primary N) is 2. The fourth-order valence-electron chi connectivity index (χ4n) is 2.84. The molecule has 0 aromatic heterocycles. The smallest absolute Gasteiger partial charge is 0.324 e. The SMILES string of the molecule is COc1ccccc1-c1ccccc1C(NN)=[N+](N)c1ccccc1Cl. The highest BCUT2D eigenvalue weighted by atomic mass is 35.5. The summed E-state index contributed by atoms with van der Waals surface area (Å²) in [5, 5.41) is 0.525. The van der Waals surface area contributed by atoms with Crippen LogP contribution in [-0.2, 0) is 0 Å². The van der Waals surface area contributed by atoms with Crippen LogP contribution in [0.5, 0.6) is 5.75 Å². The van der Waals surface area contributed by atoms with Gasteiger partial charge in [0.05, 0.1) is 17.7 Å². The molecule has 0 bridgehead atoms. The van der Waals surface area contributed by atoms with Gasteiger partial charge in [0.15, 0.2) is 5.69 Å². The zero-order valence-electron chi connectivity index (χ0n) is 14.3. The third-order valence-electron chi connectivity index (χ3n) is 4.07. The first-order valence-electron chi connectivity index (χ1n) is 8.03. The van der Waals surface area contributed by atoms with Crippen molar-refractivity contribution in [1.29, 1.82) is 0 Å². The highest BCUT2D eigenvalue weighted by Crippen LogP contribution is 2.32. The topological polar surface area (TPSA) is 76.3 Å². The molecule has 26 heavy (non-hydrogen) atoms. The summed E-state index contributed by atoms with van der Waals surface area (Å²) >= 11 is 6.29. The van der Waals surface area contributed by atoms with Gasteiger partial charge in [0.2, 0.25) is 0 Å². The van der Waals surface area contributed by atoms with E-state index >= 15 is 0 Å². The van der Waals surface area contributed by atoms with Crippen LogP contribution < -0.4 is 21.8 Å². The molecule has 3 aromatic rings. The Morgan fingerprint density at radius 3 is 2.23 bits per heavy atom. The molecule has 0 atom stereocenters. The highest BCUT2D eigenvalue weighted by molar-refractivity contribution is 6.32. The molecule has 0 unspecified atom stereocenters. The second-order valence-corrected chi connectivity index (χ2v) is 5.97. The lowest BCUT2D eigenvalue weighted by atomic mass is 9.98. The second-order valence-electron chi connectivity index (χ2n) is 5.56. The van der Waals surface area contributed by atoms with Crippen molar-refractivity contribution in [2.45, 2.75) is 0 Å². The van der Waals surface area contributed by atoms with E-state index in [2.05, 4.69) is 5.43 Å². The number of halogens is 1. The van der Waals surface area contributed by atoms with Crippen molar-refractivity contribution in [3.8, 4) is 16.9 Å². The Kier molecular flexibility index (Phi) is 5.41. The number of hydrazone groups is 1. The van der Waals surface area contributed by atoms with Gasteiger partial charge in [-0.2, -0.15) is 11.3 Å². The average molecular weight is 368 g/mol. The number of rotatable bonds is 4. The Hall–Kier alpha value is -3.02. The number of hydrazine groups is 2. The van der Waals surface area contributed by atoms with Crippen LogP contribution in [0.2, 0.25) is 5.02 Å². The lowest BCUT2D eigenvalue weighted by Gasteiger charge is -2.13. The number of hydrogen-bond acceptors (Lipinski definition) is 3. The van der Waals surface area contributed by atoms with Gasteiger partial charge < -0.3 is 4.74 Å². The normalized spacial score (nSPS) is 11.7. The van der Waals surface area contributed by atoms with E-state index < -0.39 is 0 Å². The molecule has 0 spiro atoms. The average Bonchev–Trinajstić information content (AvgIpc) is 2.69. The van der Waals surface area contributed by atoms with E-state index in [1.165, 1.54) is 4.68 Å². The maximum atomic E-state index is 6.34. The molecule has 0 aliphatic rings. The van der Waals surface area contributed by atoms with Crippen LogP contribution in [0.15, 0.2) is 72.8 Å². The van der Waals surface area contributed by atoms with Crippen molar-refractivity contribution in [3.63, 3.8) is 0 Å². The van der Waals surface area contributed by atoms with Crippen molar-refractivity contribution in [3.05, 3.63) is 83.4 Å². The predicted molar refractivity (Wildman–Crippen MR) is 105 cm³/mol. The summed E-state index contributed by atoms with van der Waals surface area (Å²) in [6.45, 7) is 0. The number of benzene rings is 3. The van der Waals surface area contributed by atoms with Crippen molar-refractivity contribution in [2.24, 2.45) is 11.7 Å². The van der Waals surface area contributed by atoms with E-state index in [9.17, 15) is 0 Å². The van der Waals surface area contributed by atoms with Crippen molar-refractivity contribution in [1.82, 2.24) is 5.43 Å². The van der Waals surface area contributed by atoms with E-state index in [-0.39, 0.29) is 0 Å². The maximum absolute atomic E-state index is 6.34. The summed E-state index contributed by atoms with van der Waals surface area (Å²) in [5.41, 5.74) is 6.03. The van der Waals surface area contributed by atoms with Crippen molar-refractivity contribution >= 4 is 23.1 Å². The molecular weight excluding hydrogens is 348 g/mol. The quantitative estimate of drug-likeness (QED) is 0.217. The van der Waals surface area contributed by atoms with Gasteiger partial charge in [0.25, 0.3) is 0 Å². The first kappa shape index (κ1) is 17.8. The number of hydrogen-bond donors (Lipinski definition) is 3. The molecule has 3 aromatic carbocycles. The zero-order chi connectivity index (χ0) is 18.5. The summed E-state index contributed by atoms with van der Waals surface area (Å²) < 4.78 is 6.95. The Labute approximate surface area is 157 Å². The lowest BCUT2D eigenvalue weighted by Crippen LogP contribution is -2.40. The van der Waals surface area contributed by atoms with Crippen LogP contribution in [-0.4, -0.2) is 17.6 Å². The minimum Gasteiger partial charge on any atom is -0.496 e. The molecule has 5 N–H and O–H groups in total. The molecule has 0 heterocycles. The molecule has 3 rings (SSSR count). The Balaban J connectivity index is 2.23. The van der Waals surface area contributed by atoms with Gasteiger partial charge >= 0.3 is 5.84 Å². The molecule has 6 heteroatoms. The Morgan fingerprint density at radius 1 is 0.923 bits per heavy atom. The number of ether oxygens (including phenoxy) is 1. The summed E-state index contributed by atoms with van der Waals surface area (Å²) in [7, 11) is 1.65. The van der Waals surface area contributed by atoms with Gasteiger partial charge in [-0.15, -0.1) is 4.68 Å². The van der Waals surface area contributed by atoms with Crippen LogP contribution >= 0.6 is 11.6 Å². The van der Waals surface area contributed by atoms with Gasteiger partial charge in [0, 0.05) is 11.1 Å². The van der Waals surface area contributed by atoms with Gasteiger partial charge in [-0.25, -0.2) is 0 Å². The minimum absolute atomic E-state index is 0.514. The van der Waals surface area contributed by atoms with E-state index in [1.54, 1.807) is 13.2 Å². The first-order chi connectivity index (χ1) is 12.7. The molecule has 0 saturated carbocycles. The monoisotopic (exact) mass is 367 g/mol. The first-order valence-corrected chi connectivity index (χ1v) is 8.41. The fraction of sp³-hybridized carbons (Fsp3) is 0.0500. The van der Waals surface area contributed by atoms with E-state index in [0.29, 0.717) is 16.5 Å². The number of methoxy groups -OCH3 is 1. The van der Waals surface area contributed by atoms with Crippen LogP contribution in [0.1, 0.15) is 5.56 Å². The molecule has 132 valence electrons. The number of nitrogens with zero attached hydrogens (tertiary/aromatic N) is 1. The Morgan fingerprint density at radius 2 is 1.54 bits per heavy atom. The van der Waals surface area contributed by atoms with Crippen LogP contribution in [0.3, 0.4) is 0 Å². The van der Waals surface area contributed by atoms with Gasteiger partial charge in [-0.05, 0) is 24.3 Å². The van der Waals surface area contributed by atoms with Gasteiger partial charge in [-0.1, -0.05) is 60.1 Å². The largest absolute Gasteiger partial charge is 0.496 e. The van der Waals surface area contributed by atoms with Crippen molar-refractivity contribution in [2.75, 3.05) is 7.11 Å². The second kappa shape index (κ2) is 7.91. The van der Waals surface area contributed by atoms with E-state index in [0.717, 1.165) is 22.4 Å². The third-order valence-corrected chi connectivity index (χ3v) is 4.39. The fourth-order valence-corrected chi connectivity index (χ4v) is 3.06. The number of para-hydroxylation sites is 2. The molecule has 0 aliphatic carbocycles. The van der Waals surface area contributed by atoms with E-state index in [1.807, 2.05) is 66.7 Å². The summed E-state index contributed by atoms with van der Waals surface area (Å²) in [6.07, 6.45) is 0. The lowest BCUT2D eigenvalue weighted by molar-refractivity contribution is -0.454. The molecule has 0 radical (unpaired) electrons. The van der Waals surface area contributed by atoms with Crippen molar-refractivity contribution < 1.29 is 9.42 Å². The standard InChI is InChI=1S/C20H19ClN4O/c1-26-19-13-7-4-9-15(19)14-8-2-3-10-16(14)20(24-22)25(23)18-12-6-5-11-17(18)21/h2-13H,22-23H2,1H3/p+1. The molecular formula is C20H20ClN4O+. The van der Waals surface area contributed by atoms with Crippen LogP contribution in [0.4, 0.5) is 5.69 Å².